The average Bonchev–Trinajstić information content (AvgIpc) is 2.81. The van der Waals surface area contributed by atoms with Crippen molar-refractivity contribution in [2.75, 3.05) is 13.2 Å². The molecule has 4 rings (SSSR count). The molecule has 0 bridgehead atoms. The number of esters is 2. The molecule has 1 heterocycles. The molecule has 5 nitrogen and oxygen atoms in total. The standard InChI is InChI=1S/C25H22O5/c1-24(23(27)30-22(26)19-11-5-2-6-12-19)17-28-25(29-18-24,20-13-7-3-8-14-20)21-15-9-4-10-16-21/h2-16H,17-18H2,1H3. The maximum Gasteiger partial charge on any atom is 0.345 e. The Balaban J connectivity index is 1.55. The van der Waals surface area contributed by atoms with Crippen LogP contribution in [0.25, 0.3) is 0 Å². The van der Waals surface area contributed by atoms with Gasteiger partial charge >= 0.3 is 11.9 Å². The van der Waals surface area contributed by atoms with Gasteiger partial charge in [-0.15, -0.1) is 0 Å². The van der Waals surface area contributed by atoms with Crippen molar-refractivity contribution in [3.8, 4) is 0 Å². The SMILES string of the molecule is CC1(C(=O)OC(=O)c2ccccc2)COC(c2ccccc2)(c2ccccc2)OC1. The van der Waals surface area contributed by atoms with Crippen LogP contribution in [0, 0.1) is 5.41 Å². The highest BCUT2D eigenvalue weighted by Gasteiger charge is 2.49. The summed E-state index contributed by atoms with van der Waals surface area (Å²) in [6.07, 6.45) is 0. The fraction of sp³-hybridized carbons (Fsp3) is 0.200. The third-order valence-electron chi connectivity index (χ3n) is 5.18. The summed E-state index contributed by atoms with van der Waals surface area (Å²) in [7, 11) is 0. The highest BCUT2D eigenvalue weighted by molar-refractivity contribution is 5.98. The van der Waals surface area contributed by atoms with Gasteiger partial charge in [-0.1, -0.05) is 78.9 Å². The van der Waals surface area contributed by atoms with Gasteiger partial charge in [-0.3, -0.25) is 4.79 Å². The Kier molecular flexibility index (Phi) is 5.48. The first-order chi connectivity index (χ1) is 14.5. The highest BCUT2D eigenvalue weighted by atomic mass is 16.7. The minimum atomic E-state index is -1.13. The van der Waals surface area contributed by atoms with Crippen molar-refractivity contribution < 1.29 is 23.8 Å². The molecule has 1 saturated heterocycles. The summed E-state index contributed by atoms with van der Waals surface area (Å²) in [5.74, 6) is -2.50. The Morgan fingerprint density at radius 2 is 1.17 bits per heavy atom. The molecule has 5 heteroatoms. The zero-order chi connectivity index (χ0) is 21.0. The van der Waals surface area contributed by atoms with E-state index in [0.29, 0.717) is 5.56 Å². The van der Waals surface area contributed by atoms with Crippen LogP contribution >= 0.6 is 0 Å². The van der Waals surface area contributed by atoms with E-state index in [4.69, 9.17) is 14.2 Å². The lowest BCUT2D eigenvalue weighted by molar-refractivity contribution is -0.285. The topological polar surface area (TPSA) is 61.8 Å². The summed E-state index contributed by atoms with van der Waals surface area (Å²) in [5.41, 5.74) is 0.853. The van der Waals surface area contributed by atoms with Crippen LogP contribution in [0.5, 0.6) is 0 Å². The van der Waals surface area contributed by atoms with Gasteiger partial charge < -0.3 is 14.2 Å². The lowest BCUT2D eigenvalue weighted by Crippen LogP contribution is -2.51. The van der Waals surface area contributed by atoms with Gasteiger partial charge in [-0.2, -0.15) is 0 Å². The summed E-state index contributed by atoms with van der Waals surface area (Å²) in [4.78, 5) is 25.1. The Morgan fingerprint density at radius 3 is 1.63 bits per heavy atom. The lowest BCUT2D eigenvalue weighted by atomic mass is 9.89. The van der Waals surface area contributed by atoms with Crippen molar-refractivity contribution in [2.45, 2.75) is 12.7 Å². The zero-order valence-electron chi connectivity index (χ0n) is 16.6. The van der Waals surface area contributed by atoms with Crippen molar-refractivity contribution in [3.05, 3.63) is 108 Å². The van der Waals surface area contributed by atoms with Crippen LogP contribution in [-0.4, -0.2) is 25.2 Å². The molecule has 0 amide bonds. The maximum absolute atomic E-state index is 12.8. The third kappa shape index (κ3) is 3.77. The van der Waals surface area contributed by atoms with Crippen molar-refractivity contribution >= 4 is 11.9 Å². The smallest absolute Gasteiger partial charge is 0.345 e. The van der Waals surface area contributed by atoms with Gasteiger partial charge in [0.2, 0.25) is 5.79 Å². The first kappa shape index (κ1) is 20.0. The van der Waals surface area contributed by atoms with Crippen LogP contribution in [-0.2, 0) is 24.8 Å². The van der Waals surface area contributed by atoms with Gasteiger partial charge in [0.05, 0.1) is 18.8 Å². The van der Waals surface area contributed by atoms with Crippen molar-refractivity contribution in [1.82, 2.24) is 0 Å². The monoisotopic (exact) mass is 402 g/mol. The van der Waals surface area contributed by atoms with E-state index < -0.39 is 23.1 Å². The quantitative estimate of drug-likeness (QED) is 0.480. The largest absolute Gasteiger partial charge is 0.389 e. The number of benzene rings is 3. The molecule has 0 aliphatic carbocycles. The van der Waals surface area contributed by atoms with Crippen LogP contribution in [0.15, 0.2) is 91.0 Å². The molecule has 152 valence electrons. The molecule has 0 radical (unpaired) electrons. The second-order valence-corrected chi connectivity index (χ2v) is 7.53. The third-order valence-corrected chi connectivity index (χ3v) is 5.18. The van der Waals surface area contributed by atoms with Crippen molar-refractivity contribution in [2.24, 2.45) is 5.41 Å². The van der Waals surface area contributed by atoms with Crippen LogP contribution in [0.2, 0.25) is 0 Å². The van der Waals surface area contributed by atoms with Crippen LogP contribution in [0.1, 0.15) is 28.4 Å². The minimum absolute atomic E-state index is 0.0394. The summed E-state index contributed by atoms with van der Waals surface area (Å²) < 4.78 is 17.6. The Morgan fingerprint density at radius 1 is 0.733 bits per heavy atom. The average molecular weight is 402 g/mol. The molecule has 30 heavy (non-hydrogen) atoms. The Labute approximate surface area is 175 Å². The van der Waals surface area contributed by atoms with E-state index in [0.717, 1.165) is 11.1 Å². The van der Waals surface area contributed by atoms with Crippen molar-refractivity contribution in [3.63, 3.8) is 0 Å². The summed E-state index contributed by atoms with van der Waals surface area (Å²) in [6, 6.07) is 27.6. The Hall–Kier alpha value is -3.28. The van der Waals surface area contributed by atoms with Gasteiger partial charge in [0.25, 0.3) is 0 Å². The summed E-state index contributed by atoms with van der Waals surface area (Å²) in [6.45, 7) is 1.75. The fourth-order valence-corrected chi connectivity index (χ4v) is 3.38. The van der Waals surface area contributed by atoms with Gasteiger partial charge in [0.15, 0.2) is 0 Å². The van der Waals surface area contributed by atoms with E-state index in [2.05, 4.69) is 0 Å². The first-order valence-electron chi connectivity index (χ1n) is 9.74. The molecule has 3 aromatic rings. The van der Waals surface area contributed by atoms with E-state index in [1.165, 1.54) is 0 Å². The van der Waals surface area contributed by atoms with E-state index in [1.54, 1.807) is 37.3 Å². The van der Waals surface area contributed by atoms with Crippen LogP contribution in [0.4, 0.5) is 0 Å². The zero-order valence-corrected chi connectivity index (χ0v) is 16.6. The molecule has 0 saturated carbocycles. The van der Waals surface area contributed by atoms with Gasteiger partial charge in [0, 0.05) is 11.1 Å². The Bertz CT molecular complexity index is 966. The molecular weight excluding hydrogens is 380 g/mol. The molecule has 1 aliphatic heterocycles. The number of hydrogen-bond acceptors (Lipinski definition) is 5. The molecule has 0 N–H and O–H groups in total. The molecular formula is C25H22O5. The predicted octanol–water partition coefficient (Wildman–Crippen LogP) is 4.32. The second kappa shape index (κ2) is 8.22. The number of carbonyl (C=O) groups is 2. The van der Waals surface area contributed by atoms with Gasteiger partial charge in [0.1, 0.15) is 5.41 Å². The maximum atomic E-state index is 12.8. The number of rotatable bonds is 4. The van der Waals surface area contributed by atoms with E-state index in [-0.39, 0.29) is 13.2 Å². The molecule has 0 spiro atoms. The van der Waals surface area contributed by atoms with Gasteiger partial charge in [-0.25, -0.2) is 4.79 Å². The molecule has 1 aliphatic rings. The number of ether oxygens (including phenoxy) is 3. The van der Waals surface area contributed by atoms with Crippen LogP contribution in [0.3, 0.4) is 0 Å². The lowest BCUT2D eigenvalue weighted by Gasteiger charge is -2.43. The predicted molar refractivity (Wildman–Crippen MR) is 111 cm³/mol. The highest BCUT2D eigenvalue weighted by Crippen LogP contribution is 2.42. The van der Waals surface area contributed by atoms with E-state index in [1.807, 2.05) is 60.7 Å². The van der Waals surface area contributed by atoms with Crippen molar-refractivity contribution in [1.29, 1.82) is 0 Å². The minimum Gasteiger partial charge on any atom is -0.389 e. The number of hydrogen-bond donors (Lipinski definition) is 0. The fourth-order valence-electron chi connectivity index (χ4n) is 3.38. The first-order valence-corrected chi connectivity index (χ1v) is 9.74. The summed E-state index contributed by atoms with van der Waals surface area (Å²) >= 11 is 0. The van der Waals surface area contributed by atoms with Gasteiger partial charge in [-0.05, 0) is 19.1 Å². The normalized spacial score (nSPS) is 17.1. The van der Waals surface area contributed by atoms with Crippen LogP contribution < -0.4 is 0 Å². The summed E-state index contributed by atoms with van der Waals surface area (Å²) in [5, 5.41) is 0. The van der Waals surface area contributed by atoms with E-state index in [9.17, 15) is 9.59 Å². The molecule has 3 aromatic carbocycles. The van der Waals surface area contributed by atoms with E-state index >= 15 is 0 Å². The molecule has 0 aromatic heterocycles. The number of carbonyl (C=O) groups excluding carboxylic acids is 2. The molecule has 0 atom stereocenters. The molecule has 0 unspecified atom stereocenters. The molecule has 1 fully saturated rings. The second-order valence-electron chi connectivity index (χ2n) is 7.53.